The molecular formula is C26H21FN4O3. The minimum atomic E-state index is -0.816. The number of primary amides is 1. The zero-order chi connectivity index (χ0) is 23.8. The molecule has 0 spiro atoms. The van der Waals surface area contributed by atoms with Crippen molar-refractivity contribution in [3.8, 4) is 11.3 Å². The fourth-order valence-electron chi connectivity index (χ4n) is 4.44. The molecule has 0 bridgehead atoms. The Labute approximate surface area is 193 Å². The van der Waals surface area contributed by atoms with Crippen molar-refractivity contribution in [2.24, 2.45) is 5.73 Å². The number of para-hydroxylation sites is 1. The monoisotopic (exact) mass is 456 g/mol. The van der Waals surface area contributed by atoms with E-state index >= 15 is 0 Å². The Morgan fingerprint density at radius 3 is 2.59 bits per heavy atom. The van der Waals surface area contributed by atoms with Gasteiger partial charge >= 0.3 is 0 Å². The van der Waals surface area contributed by atoms with Crippen molar-refractivity contribution in [1.82, 2.24) is 15.3 Å². The predicted molar refractivity (Wildman–Crippen MR) is 126 cm³/mol. The minimum Gasteiger partial charge on any atom is -0.365 e. The van der Waals surface area contributed by atoms with Crippen molar-refractivity contribution in [2.45, 2.75) is 25.3 Å². The molecule has 2 amide bonds. The first-order chi connectivity index (χ1) is 16.4. The number of H-pyrrole nitrogens is 1. The van der Waals surface area contributed by atoms with Crippen LogP contribution in [-0.4, -0.2) is 21.8 Å². The molecule has 4 aromatic rings. The number of rotatable bonds is 4. The molecule has 1 atom stereocenters. The van der Waals surface area contributed by atoms with Crippen molar-refractivity contribution < 1.29 is 14.0 Å². The first-order valence-electron chi connectivity index (χ1n) is 10.9. The number of nitrogens with zero attached hydrogens (tertiary/aromatic N) is 1. The fraction of sp³-hybridized carbons (Fsp3) is 0.154. The van der Waals surface area contributed by atoms with Crippen LogP contribution in [0.15, 0.2) is 65.5 Å². The van der Waals surface area contributed by atoms with E-state index in [1.807, 2.05) is 24.3 Å². The number of halogens is 1. The molecule has 4 N–H and O–H groups in total. The van der Waals surface area contributed by atoms with Crippen LogP contribution in [0.5, 0.6) is 0 Å². The molecule has 7 nitrogen and oxygen atoms in total. The maximum atomic E-state index is 13.5. The van der Waals surface area contributed by atoms with Gasteiger partial charge in [-0.3, -0.25) is 14.4 Å². The average molecular weight is 456 g/mol. The highest BCUT2D eigenvalue weighted by Gasteiger charge is 2.26. The number of aromatic nitrogens is 2. The lowest BCUT2D eigenvalue weighted by Crippen LogP contribution is -2.34. The van der Waals surface area contributed by atoms with Crippen LogP contribution in [0.2, 0.25) is 0 Å². The molecule has 5 rings (SSSR count). The highest BCUT2D eigenvalue weighted by atomic mass is 19.1. The molecule has 2 heterocycles. The van der Waals surface area contributed by atoms with Gasteiger partial charge in [-0.25, -0.2) is 9.37 Å². The van der Waals surface area contributed by atoms with Gasteiger partial charge in [0.25, 0.3) is 17.4 Å². The van der Waals surface area contributed by atoms with Crippen molar-refractivity contribution in [3.63, 3.8) is 0 Å². The Kier molecular flexibility index (Phi) is 5.41. The molecule has 2 aromatic heterocycles. The Bertz CT molecular complexity index is 1490. The van der Waals surface area contributed by atoms with Gasteiger partial charge in [0.2, 0.25) is 0 Å². The lowest BCUT2D eigenvalue weighted by molar-refractivity contribution is 0.0934. The molecule has 0 saturated heterocycles. The molecule has 1 unspecified atom stereocenters. The van der Waals surface area contributed by atoms with Crippen LogP contribution in [0.25, 0.3) is 22.2 Å². The lowest BCUT2D eigenvalue weighted by Gasteiger charge is -2.26. The van der Waals surface area contributed by atoms with E-state index in [0.717, 1.165) is 6.42 Å². The Morgan fingerprint density at radius 2 is 1.82 bits per heavy atom. The normalized spacial score (nSPS) is 15.0. The lowest BCUT2D eigenvalue weighted by atomic mass is 9.90. The molecule has 0 radical (unpaired) electrons. The molecule has 2 aromatic carbocycles. The van der Waals surface area contributed by atoms with Gasteiger partial charge in [0.05, 0.1) is 22.8 Å². The molecule has 34 heavy (non-hydrogen) atoms. The summed E-state index contributed by atoms with van der Waals surface area (Å²) in [4.78, 5) is 44.7. The van der Waals surface area contributed by atoms with Crippen molar-refractivity contribution in [3.05, 3.63) is 99.2 Å². The van der Waals surface area contributed by atoms with E-state index in [4.69, 9.17) is 5.73 Å². The van der Waals surface area contributed by atoms with E-state index in [2.05, 4.69) is 15.3 Å². The zero-order valence-corrected chi connectivity index (χ0v) is 18.1. The van der Waals surface area contributed by atoms with Gasteiger partial charge in [-0.1, -0.05) is 18.2 Å². The molecule has 0 fully saturated rings. The third-order valence-corrected chi connectivity index (χ3v) is 6.12. The van der Waals surface area contributed by atoms with Crippen LogP contribution < -0.4 is 16.6 Å². The van der Waals surface area contributed by atoms with Crippen LogP contribution in [0.1, 0.15) is 50.9 Å². The van der Waals surface area contributed by atoms with E-state index < -0.39 is 17.5 Å². The van der Waals surface area contributed by atoms with E-state index in [1.54, 1.807) is 18.2 Å². The summed E-state index contributed by atoms with van der Waals surface area (Å²) in [6, 6.07) is 16.0. The fourth-order valence-corrected chi connectivity index (χ4v) is 4.44. The van der Waals surface area contributed by atoms with Crippen LogP contribution in [0.3, 0.4) is 0 Å². The van der Waals surface area contributed by atoms with Gasteiger partial charge in [-0.05, 0) is 67.3 Å². The number of pyridine rings is 2. The maximum Gasteiger partial charge on any atom is 0.261 e. The first-order valence-corrected chi connectivity index (χ1v) is 10.9. The molecule has 0 saturated carbocycles. The summed E-state index contributed by atoms with van der Waals surface area (Å²) in [6.45, 7) is 0. The van der Waals surface area contributed by atoms with Gasteiger partial charge in [-0.2, -0.15) is 0 Å². The third-order valence-electron chi connectivity index (χ3n) is 6.12. The number of hydrogen-bond donors (Lipinski definition) is 3. The van der Waals surface area contributed by atoms with E-state index in [9.17, 15) is 18.8 Å². The molecular weight excluding hydrogens is 435 g/mol. The number of aryl methyl sites for hydroxylation is 1. The van der Waals surface area contributed by atoms with Crippen LogP contribution >= 0.6 is 0 Å². The third kappa shape index (κ3) is 3.94. The number of benzene rings is 2. The average Bonchev–Trinajstić information content (AvgIpc) is 2.83. The predicted octanol–water partition coefficient (Wildman–Crippen LogP) is 3.64. The van der Waals surface area contributed by atoms with E-state index in [-0.39, 0.29) is 17.3 Å². The Balaban J connectivity index is 1.55. The number of hydrogen-bond acceptors (Lipinski definition) is 4. The summed E-state index contributed by atoms with van der Waals surface area (Å²) >= 11 is 0. The first kappa shape index (κ1) is 21.5. The van der Waals surface area contributed by atoms with Gasteiger partial charge in [-0.15, -0.1) is 0 Å². The largest absolute Gasteiger partial charge is 0.365 e. The molecule has 8 heteroatoms. The summed E-state index contributed by atoms with van der Waals surface area (Å²) in [5.74, 6) is -1.48. The molecule has 1 aliphatic rings. The zero-order valence-electron chi connectivity index (χ0n) is 18.1. The second-order valence-corrected chi connectivity index (χ2v) is 8.31. The molecule has 1 aliphatic carbocycles. The van der Waals surface area contributed by atoms with Crippen LogP contribution in [0.4, 0.5) is 4.39 Å². The smallest absolute Gasteiger partial charge is 0.261 e. The minimum absolute atomic E-state index is 0.132. The summed E-state index contributed by atoms with van der Waals surface area (Å²) in [6.07, 6.45) is 2.06. The Morgan fingerprint density at radius 1 is 1.06 bits per heavy atom. The van der Waals surface area contributed by atoms with Crippen LogP contribution in [-0.2, 0) is 6.42 Å². The quantitative estimate of drug-likeness (QED) is 0.435. The highest BCUT2D eigenvalue weighted by Crippen LogP contribution is 2.30. The summed E-state index contributed by atoms with van der Waals surface area (Å²) in [5.41, 5.74) is 8.38. The SMILES string of the molecule is NC(=O)c1cc2c([nH]c1=O)CCCC2NC(=O)c1cc(-c2ccc(F)cc2)nc2ccccc12. The number of carbonyl (C=O) groups is 2. The number of carbonyl (C=O) groups excluding carboxylic acids is 2. The Hall–Kier alpha value is -4.33. The molecule has 0 aliphatic heterocycles. The van der Waals surface area contributed by atoms with Gasteiger partial charge in [0.1, 0.15) is 11.4 Å². The summed E-state index contributed by atoms with van der Waals surface area (Å²) < 4.78 is 13.4. The van der Waals surface area contributed by atoms with Gasteiger partial charge in [0.15, 0.2) is 0 Å². The van der Waals surface area contributed by atoms with Crippen molar-refractivity contribution in [1.29, 1.82) is 0 Å². The van der Waals surface area contributed by atoms with Gasteiger partial charge in [0, 0.05) is 16.6 Å². The van der Waals surface area contributed by atoms with Gasteiger partial charge < -0.3 is 16.0 Å². The number of aromatic amines is 1. The second kappa shape index (κ2) is 8.55. The number of nitrogens with two attached hydrogens (primary N) is 1. The highest BCUT2D eigenvalue weighted by molar-refractivity contribution is 6.07. The number of amides is 2. The second-order valence-electron chi connectivity index (χ2n) is 8.31. The maximum absolute atomic E-state index is 13.5. The topological polar surface area (TPSA) is 118 Å². The number of fused-ring (bicyclic) bond motifs is 2. The molecule has 170 valence electrons. The standard InChI is InChI=1S/C26H21FN4O3/c27-15-10-8-14(9-11-15)23-13-17(16-4-1-2-5-20(16)29-23)25(33)30-21-6-3-7-22-18(21)12-19(24(28)32)26(34)31-22/h1-2,4-5,8-13,21H,3,6-7H2,(H2,28,32)(H,30,33)(H,31,34). The van der Waals surface area contributed by atoms with E-state index in [0.29, 0.717) is 51.8 Å². The van der Waals surface area contributed by atoms with Crippen molar-refractivity contribution in [2.75, 3.05) is 0 Å². The van der Waals surface area contributed by atoms with Crippen LogP contribution in [0, 0.1) is 5.82 Å². The number of nitrogens with one attached hydrogen (secondary N) is 2. The van der Waals surface area contributed by atoms with E-state index in [1.165, 1.54) is 18.2 Å². The summed E-state index contributed by atoms with van der Waals surface area (Å²) in [7, 11) is 0. The summed E-state index contributed by atoms with van der Waals surface area (Å²) in [5, 5.41) is 3.74. The van der Waals surface area contributed by atoms with Crippen molar-refractivity contribution >= 4 is 22.7 Å².